The first-order valence-corrected chi connectivity index (χ1v) is 6.70. The number of hydrogen-bond acceptors (Lipinski definition) is 3. The third kappa shape index (κ3) is 4.73. The molecule has 0 spiro atoms. The van der Waals surface area contributed by atoms with Crippen molar-refractivity contribution in [3.8, 4) is 0 Å². The van der Waals surface area contributed by atoms with E-state index in [1.165, 1.54) is 0 Å². The van der Waals surface area contributed by atoms with Gasteiger partial charge in [0.1, 0.15) is 6.10 Å². The topological polar surface area (TPSA) is 64.3 Å². The summed E-state index contributed by atoms with van der Waals surface area (Å²) < 4.78 is 5.63. The normalized spacial score (nSPS) is 14.2. The van der Waals surface area contributed by atoms with Gasteiger partial charge in [0.25, 0.3) is 5.91 Å². The van der Waals surface area contributed by atoms with Crippen LogP contribution in [0.1, 0.15) is 27.7 Å². The number of nitrogens with two attached hydrogens (primary N) is 1. The van der Waals surface area contributed by atoms with Gasteiger partial charge in [-0.15, -0.1) is 0 Å². The van der Waals surface area contributed by atoms with Crippen molar-refractivity contribution in [2.45, 2.75) is 39.9 Å². The van der Waals surface area contributed by atoms with Gasteiger partial charge in [0, 0.05) is 5.69 Å². The van der Waals surface area contributed by atoms with Crippen LogP contribution in [0.2, 0.25) is 5.02 Å². The number of carbonyl (C=O) groups excluding carboxylic acids is 1. The minimum absolute atomic E-state index is 0.0241. The summed E-state index contributed by atoms with van der Waals surface area (Å²) in [6.45, 7) is 7.78. The van der Waals surface area contributed by atoms with Crippen LogP contribution >= 0.6 is 11.6 Å². The van der Waals surface area contributed by atoms with Crippen LogP contribution in [-0.2, 0) is 9.53 Å². The molecule has 19 heavy (non-hydrogen) atoms. The van der Waals surface area contributed by atoms with Gasteiger partial charge < -0.3 is 15.8 Å². The van der Waals surface area contributed by atoms with Crippen LogP contribution < -0.4 is 11.1 Å². The molecular formula is C14H21ClN2O2. The number of nitrogens with one attached hydrogen (secondary N) is 1. The maximum absolute atomic E-state index is 12.0. The molecule has 0 aliphatic carbocycles. The van der Waals surface area contributed by atoms with E-state index in [9.17, 15) is 4.79 Å². The van der Waals surface area contributed by atoms with Crippen LogP contribution in [-0.4, -0.2) is 18.1 Å². The first-order valence-electron chi connectivity index (χ1n) is 6.32. The monoisotopic (exact) mass is 284 g/mol. The van der Waals surface area contributed by atoms with E-state index in [1.807, 2.05) is 6.92 Å². The number of amides is 1. The Bertz CT molecular complexity index is 449. The minimum atomic E-state index is -0.519. The lowest BCUT2D eigenvalue weighted by molar-refractivity contribution is -0.130. The van der Waals surface area contributed by atoms with Gasteiger partial charge in [-0.3, -0.25) is 4.79 Å². The van der Waals surface area contributed by atoms with Crippen LogP contribution in [0.5, 0.6) is 0 Å². The summed E-state index contributed by atoms with van der Waals surface area (Å²) in [5.74, 6) is 0.163. The first kappa shape index (κ1) is 15.8. The second-order valence-electron chi connectivity index (χ2n) is 4.95. The lowest BCUT2D eigenvalue weighted by Gasteiger charge is -2.21. The van der Waals surface area contributed by atoms with E-state index in [4.69, 9.17) is 22.1 Å². The fraction of sp³-hybridized carbons (Fsp3) is 0.500. The molecule has 0 aliphatic heterocycles. The number of ether oxygens (including phenoxy) is 1. The molecule has 2 unspecified atom stereocenters. The molecule has 0 aliphatic rings. The summed E-state index contributed by atoms with van der Waals surface area (Å²) in [5.41, 5.74) is 6.72. The zero-order valence-corrected chi connectivity index (χ0v) is 12.5. The van der Waals surface area contributed by atoms with Gasteiger partial charge in [-0.2, -0.15) is 0 Å². The molecule has 1 rings (SSSR count). The van der Waals surface area contributed by atoms with E-state index in [-0.39, 0.29) is 12.0 Å². The lowest BCUT2D eigenvalue weighted by Crippen LogP contribution is -2.32. The highest BCUT2D eigenvalue weighted by atomic mass is 35.5. The van der Waals surface area contributed by atoms with Crippen molar-refractivity contribution in [1.29, 1.82) is 0 Å². The van der Waals surface area contributed by atoms with Crippen molar-refractivity contribution >= 4 is 28.9 Å². The Morgan fingerprint density at radius 2 is 1.95 bits per heavy atom. The van der Waals surface area contributed by atoms with Gasteiger partial charge in [-0.25, -0.2) is 0 Å². The van der Waals surface area contributed by atoms with E-state index in [1.54, 1.807) is 25.1 Å². The Morgan fingerprint density at radius 1 is 1.32 bits per heavy atom. The molecule has 4 nitrogen and oxygen atoms in total. The fourth-order valence-electron chi connectivity index (χ4n) is 1.41. The Morgan fingerprint density at radius 3 is 2.47 bits per heavy atom. The Labute approximate surface area is 119 Å². The van der Waals surface area contributed by atoms with Crippen LogP contribution in [0.3, 0.4) is 0 Å². The van der Waals surface area contributed by atoms with Crippen LogP contribution in [0.25, 0.3) is 0 Å². The third-order valence-corrected chi connectivity index (χ3v) is 3.33. The van der Waals surface area contributed by atoms with Gasteiger partial charge >= 0.3 is 0 Å². The van der Waals surface area contributed by atoms with Gasteiger partial charge in [-0.1, -0.05) is 25.4 Å². The van der Waals surface area contributed by atoms with E-state index >= 15 is 0 Å². The van der Waals surface area contributed by atoms with Crippen molar-refractivity contribution in [3.05, 3.63) is 23.2 Å². The molecular weight excluding hydrogens is 264 g/mol. The van der Waals surface area contributed by atoms with Crippen molar-refractivity contribution in [2.75, 3.05) is 11.1 Å². The maximum Gasteiger partial charge on any atom is 0.253 e. The molecule has 0 saturated carbocycles. The number of nitrogen functional groups attached to an aromatic ring is 1. The maximum atomic E-state index is 12.0. The summed E-state index contributed by atoms with van der Waals surface area (Å²) in [6.07, 6.45) is -0.495. The smallest absolute Gasteiger partial charge is 0.253 e. The number of carbonyl (C=O) groups is 1. The minimum Gasteiger partial charge on any atom is -0.397 e. The predicted octanol–water partition coefficient (Wildman–Crippen LogP) is 3.31. The zero-order valence-electron chi connectivity index (χ0n) is 11.7. The molecule has 0 radical (unpaired) electrons. The summed E-state index contributed by atoms with van der Waals surface area (Å²) in [7, 11) is 0. The van der Waals surface area contributed by atoms with E-state index < -0.39 is 6.10 Å². The molecule has 3 N–H and O–H groups in total. The highest BCUT2D eigenvalue weighted by molar-refractivity contribution is 6.33. The zero-order chi connectivity index (χ0) is 14.6. The quantitative estimate of drug-likeness (QED) is 0.815. The van der Waals surface area contributed by atoms with Gasteiger partial charge in [-0.05, 0) is 38.0 Å². The Hall–Kier alpha value is -1.26. The van der Waals surface area contributed by atoms with Gasteiger partial charge in [0.15, 0.2) is 0 Å². The number of benzene rings is 1. The van der Waals surface area contributed by atoms with Crippen molar-refractivity contribution in [2.24, 2.45) is 5.92 Å². The van der Waals surface area contributed by atoms with Crippen LogP contribution in [0.4, 0.5) is 11.4 Å². The first-order chi connectivity index (χ1) is 8.81. The number of halogens is 1. The molecule has 0 aromatic heterocycles. The van der Waals surface area contributed by atoms with Gasteiger partial charge in [0.2, 0.25) is 0 Å². The molecule has 1 aromatic carbocycles. The predicted molar refractivity (Wildman–Crippen MR) is 79.3 cm³/mol. The SMILES string of the molecule is CC(OC(C)C(C)C)C(=O)Nc1ccc(Cl)c(N)c1. The summed E-state index contributed by atoms with van der Waals surface area (Å²) in [6, 6.07) is 4.97. The van der Waals surface area contributed by atoms with Crippen molar-refractivity contribution < 1.29 is 9.53 Å². The standard InChI is InChI=1S/C14H21ClN2O2/c1-8(2)9(3)19-10(4)14(18)17-11-5-6-12(15)13(16)7-11/h5-10H,16H2,1-4H3,(H,17,18). The molecule has 0 bridgehead atoms. The second-order valence-corrected chi connectivity index (χ2v) is 5.36. The molecule has 2 atom stereocenters. The van der Waals surface area contributed by atoms with Crippen LogP contribution in [0, 0.1) is 5.92 Å². The van der Waals surface area contributed by atoms with E-state index in [2.05, 4.69) is 19.2 Å². The molecule has 5 heteroatoms. The number of anilines is 2. The fourth-order valence-corrected chi connectivity index (χ4v) is 1.52. The second kappa shape index (κ2) is 6.78. The molecule has 1 aromatic rings. The average molecular weight is 285 g/mol. The van der Waals surface area contributed by atoms with Crippen molar-refractivity contribution in [3.63, 3.8) is 0 Å². The Kier molecular flexibility index (Phi) is 5.63. The molecule has 0 heterocycles. The van der Waals surface area contributed by atoms with E-state index in [0.717, 1.165) is 0 Å². The van der Waals surface area contributed by atoms with E-state index in [0.29, 0.717) is 22.3 Å². The molecule has 0 saturated heterocycles. The summed E-state index contributed by atoms with van der Waals surface area (Å²) in [5, 5.41) is 3.22. The third-order valence-electron chi connectivity index (χ3n) is 2.99. The summed E-state index contributed by atoms with van der Waals surface area (Å²) >= 11 is 5.82. The van der Waals surface area contributed by atoms with Crippen molar-refractivity contribution in [1.82, 2.24) is 0 Å². The molecule has 106 valence electrons. The van der Waals surface area contributed by atoms with Gasteiger partial charge in [0.05, 0.1) is 16.8 Å². The van der Waals surface area contributed by atoms with Crippen LogP contribution in [0.15, 0.2) is 18.2 Å². The largest absolute Gasteiger partial charge is 0.397 e. The average Bonchev–Trinajstić information content (AvgIpc) is 2.33. The molecule has 1 amide bonds. The summed E-state index contributed by atoms with van der Waals surface area (Å²) in [4.78, 5) is 12.0. The highest BCUT2D eigenvalue weighted by Gasteiger charge is 2.18. The lowest BCUT2D eigenvalue weighted by atomic mass is 10.1. The number of hydrogen-bond donors (Lipinski definition) is 2. The molecule has 0 fully saturated rings. The number of rotatable bonds is 5. The highest BCUT2D eigenvalue weighted by Crippen LogP contribution is 2.22. The Balaban J connectivity index is 2.61.